The van der Waals surface area contributed by atoms with Crippen molar-refractivity contribution in [3.05, 3.63) is 22.8 Å². The van der Waals surface area contributed by atoms with E-state index in [1.54, 1.807) is 6.07 Å². The van der Waals surface area contributed by atoms with E-state index in [9.17, 15) is 4.79 Å². The fourth-order valence-electron chi connectivity index (χ4n) is 2.06. The van der Waals surface area contributed by atoms with Crippen LogP contribution < -0.4 is 10.6 Å². The van der Waals surface area contributed by atoms with Gasteiger partial charge in [-0.1, -0.05) is 25.3 Å². The smallest absolute Gasteiger partial charge is 0.320 e. The van der Waals surface area contributed by atoms with E-state index in [0.717, 1.165) is 12.8 Å². The minimum absolute atomic E-state index is 0.164. The molecule has 0 spiro atoms. The topological polar surface area (TPSA) is 54.0 Å². The first kappa shape index (κ1) is 12.4. The Balaban J connectivity index is 1.84. The second-order valence-corrected chi connectivity index (χ2v) is 5.09. The summed E-state index contributed by atoms with van der Waals surface area (Å²) in [5.41, 5.74) is 0. The van der Waals surface area contributed by atoms with Gasteiger partial charge in [0.15, 0.2) is 0 Å². The fraction of sp³-hybridized carbons (Fsp3) is 0.500. The molecule has 2 rings (SSSR count). The van der Waals surface area contributed by atoms with Crippen molar-refractivity contribution < 1.29 is 4.79 Å². The second-order valence-electron chi connectivity index (χ2n) is 4.28. The number of carbonyl (C=O) groups excluding carboxylic acids is 1. The molecule has 1 aliphatic carbocycles. The number of anilines is 1. The van der Waals surface area contributed by atoms with Crippen molar-refractivity contribution in [2.45, 2.75) is 38.1 Å². The Morgan fingerprint density at radius 3 is 2.76 bits per heavy atom. The van der Waals surface area contributed by atoms with Crippen LogP contribution in [0.2, 0.25) is 0 Å². The summed E-state index contributed by atoms with van der Waals surface area (Å²) in [6, 6.07) is 5.58. The van der Waals surface area contributed by atoms with Gasteiger partial charge in [0.2, 0.25) is 0 Å². The molecule has 0 saturated heterocycles. The van der Waals surface area contributed by atoms with E-state index in [-0.39, 0.29) is 6.03 Å². The van der Waals surface area contributed by atoms with Crippen molar-refractivity contribution in [1.82, 2.24) is 10.3 Å². The lowest BCUT2D eigenvalue weighted by molar-refractivity contribution is 0.244. The minimum Gasteiger partial charge on any atom is -0.335 e. The Labute approximate surface area is 109 Å². The van der Waals surface area contributed by atoms with Crippen LogP contribution in [0.1, 0.15) is 32.1 Å². The lowest BCUT2D eigenvalue weighted by atomic mass is 9.96. The van der Waals surface area contributed by atoms with Gasteiger partial charge in [-0.25, -0.2) is 9.78 Å². The standard InChI is InChI=1S/C12H16BrN3O/c13-10-7-4-8-11(15-10)16-12(17)14-9-5-2-1-3-6-9/h4,7-9H,1-3,5-6H2,(H2,14,15,16,17). The monoisotopic (exact) mass is 297 g/mol. The minimum atomic E-state index is -0.164. The number of carbonyl (C=O) groups is 1. The number of hydrogen-bond donors (Lipinski definition) is 2. The van der Waals surface area contributed by atoms with Crippen molar-refractivity contribution in [3.63, 3.8) is 0 Å². The van der Waals surface area contributed by atoms with Crippen LogP contribution in [-0.2, 0) is 0 Å². The van der Waals surface area contributed by atoms with Gasteiger partial charge in [0.05, 0.1) is 0 Å². The predicted octanol–water partition coefficient (Wildman–Crippen LogP) is 3.30. The summed E-state index contributed by atoms with van der Waals surface area (Å²) in [7, 11) is 0. The second kappa shape index (κ2) is 6.00. The van der Waals surface area contributed by atoms with E-state index in [1.807, 2.05) is 12.1 Å². The Kier molecular flexibility index (Phi) is 4.36. The van der Waals surface area contributed by atoms with Crippen LogP contribution in [-0.4, -0.2) is 17.1 Å². The largest absolute Gasteiger partial charge is 0.335 e. The van der Waals surface area contributed by atoms with Crippen LogP contribution in [0.15, 0.2) is 22.8 Å². The predicted molar refractivity (Wildman–Crippen MR) is 71.0 cm³/mol. The Hall–Kier alpha value is -1.10. The molecule has 0 atom stereocenters. The van der Waals surface area contributed by atoms with Crippen LogP contribution in [0.25, 0.3) is 0 Å². The number of nitrogens with one attached hydrogen (secondary N) is 2. The maximum Gasteiger partial charge on any atom is 0.320 e. The van der Waals surface area contributed by atoms with Crippen LogP contribution in [0, 0.1) is 0 Å². The maximum absolute atomic E-state index is 11.7. The highest BCUT2D eigenvalue weighted by atomic mass is 79.9. The normalized spacial score (nSPS) is 16.5. The van der Waals surface area contributed by atoms with Crippen LogP contribution >= 0.6 is 15.9 Å². The molecular formula is C12H16BrN3O. The molecule has 1 heterocycles. The first-order chi connectivity index (χ1) is 8.24. The quantitative estimate of drug-likeness (QED) is 0.823. The molecule has 2 N–H and O–H groups in total. The Bertz CT molecular complexity index is 391. The Morgan fingerprint density at radius 1 is 1.29 bits per heavy atom. The molecular weight excluding hydrogens is 282 g/mol. The zero-order chi connectivity index (χ0) is 12.1. The highest BCUT2D eigenvalue weighted by molar-refractivity contribution is 9.10. The summed E-state index contributed by atoms with van der Waals surface area (Å²) < 4.78 is 0.716. The third kappa shape index (κ3) is 4.00. The van der Waals surface area contributed by atoms with E-state index in [4.69, 9.17) is 0 Å². The van der Waals surface area contributed by atoms with Gasteiger partial charge in [0, 0.05) is 6.04 Å². The average molecular weight is 298 g/mol. The summed E-state index contributed by atoms with van der Waals surface area (Å²) in [4.78, 5) is 15.9. The molecule has 5 heteroatoms. The lowest BCUT2D eigenvalue weighted by Gasteiger charge is -2.22. The molecule has 0 radical (unpaired) electrons. The molecule has 2 amide bonds. The van der Waals surface area contributed by atoms with Gasteiger partial charge in [-0.2, -0.15) is 0 Å². The molecule has 0 aromatic carbocycles. The molecule has 1 fully saturated rings. The average Bonchev–Trinajstić information content (AvgIpc) is 2.30. The molecule has 1 aromatic rings. The van der Waals surface area contributed by atoms with Gasteiger partial charge in [0.25, 0.3) is 0 Å². The molecule has 1 saturated carbocycles. The maximum atomic E-state index is 11.7. The third-order valence-corrected chi connectivity index (χ3v) is 3.34. The number of nitrogens with zero attached hydrogens (tertiary/aromatic N) is 1. The number of urea groups is 1. The summed E-state index contributed by atoms with van der Waals surface area (Å²) >= 11 is 3.27. The third-order valence-electron chi connectivity index (χ3n) is 2.90. The summed E-state index contributed by atoms with van der Waals surface area (Å²) in [6.45, 7) is 0. The summed E-state index contributed by atoms with van der Waals surface area (Å²) in [5, 5.41) is 5.72. The molecule has 17 heavy (non-hydrogen) atoms. The Morgan fingerprint density at radius 2 is 2.06 bits per heavy atom. The highest BCUT2D eigenvalue weighted by Gasteiger charge is 2.15. The number of halogens is 1. The van der Waals surface area contributed by atoms with Gasteiger partial charge < -0.3 is 5.32 Å². The van der Waals surface area contributed by atoms with E-state index < -0.39 is 0 Å². The lowest BCUT2D eigenvalue weighted by Crippen LogP contribution is -2.39. The van der Waals surface area contributed by atoms with E-state index in [0.29, 0.717) is 16.5 Å². The molecule has 4 nitrogen and oxygen atoms in total. The molecule has 0 unspecified atom stereocenters. The zero-order valence-corrected chi connectivity index (χ0v) is 11.2. The van der Waals surface area contributed by atoms with Crippen molar-refractivity contribution in [1.29, 1.82) is 0 Å². The van der Waals surface area contributed by atoms with Gasteiger partial charge in [-0.3, -0.25) is 5.32 Å². The van der Waals surface area contributed by atoms with Crippen molar-refractivity contribution >= 4 is 27.8 Å². The highest BCUT2D eigenvalue weighted by Crippen LogP contribution is 2.17. The van der Waals surface area contributed by atoms with Crippen LogP contribution in [0.5, 0.6) is 0 Å². The number of hydrogen-bond acceptors (Lipinski definition) is 2. The van der Waals surface area contributed by atoms with Crippen molar-refractivity contribution in [3.8, 4) is 0 Å². The molecule has 0 aliphatic heterocycles. The molecule has 1 aromatic heterocycles. The van der Waals surface area contributed by atoms with Crippen molar-refractivity contribution in [2.24, 2.45) is 0 Å². The van der Waals surface area contributed by atoms with Crippen LogP contribution in [0.3, 0.4) is 0 Å². The van der Waals surface area contributed by atoms with Gasteiger partial charge in [-0.15, -0.1) is 0 Å². The molecule has 92 valence electrons. The fourth-order valence-corrected chi connectivity index (χ4v) is 2.41. The molecule has 1 aliphatic rings. The number of amides is 2. The first-order valence-corrected chi connectivity index (χ1v) is 6.73. The van der Waals surface area contributed by atoms with Crippen molar-refractivity contribution in [2.75, 3.05) is 5.32 Å². The summed E-state index contributed by atoms with van der Waals surface area (Å²) in [6.07, 6.45) is 5.87. The van der Waals surface area contributed by atoms with E-state index >= 15 is 0 Å². The SMILES string of the molecule is O=C(Nc1cccc(Br)n1)NC1CCCCC1. The van der Waals surface area contributed by atoms with Gasteiger partial charge >= 0.3 is 6.03 Å². The van der Waals surface area contributed by atoms with Gasteiger partial charge in [-0.05, 0) is 40.9 Å². The number of pyridine rings is 1. The van der Waals surface area contributed by atoms with Gasteiger partial charge in [0.1, 0.15) is 10.4 Å². The zero-order valence-electron chi connectivity index (χ0n) is 9.58. The number of aromatic nitrogens is 1. The summed E-state index contributed by atoms with van der Waals surface area (Å²) in [5.74, 6) is 0.563. The first-order valence-electron chi connectivity index (χ1n) is 5.94. The van der Waals surface area contributed by atoms with E-state index in [1.165, 1.54) is 19.3 Å². The molecule has 0 bridgehead atoms. The van der Waals surface area contributed by atoms with E-state index in [2.05, 4.69) is 31.5 Å². The van der Waals surface area contributed by atoms with Crippen LogP contribution in [0.4, 0.5) is 10.6 Å². The number of rotatable bonds is 2.